The second kappa shape index (κ2) is 5.19. The maximum absolute atomic E-state index is 13.3. The van der Waals surface area contributed by atoms with Crippen LogP contribution in [-0.4, -0.2) is 0 Å². The molecule has 1 N–H and O–H groups in total. The van der Waals surface area contributed by atoms with Crippen molar-refractivity contribution in [3.63, 3.8) is 0 Å². The van der Waals surface area contributed by atoms with Gasteiger partial charge in [0.2, 0.25) is 0 Å². The van der Waals surface area contributed by atoms with Crippen LogP contribution in [0.3, 0.4) is 0 Å². The van der Waals surface area contributed by atoms with E-state index in [0.717, 1.165) is 11.3 Å². The van der Waals surface area contributed by atoms with E-state index in [2.05, 4.69) is 5.32 Å². The average molecular weight is 250 g/mol. The Labute approximate surface area is 105 Å². The third-order valence-corrected chi connectivity index (χ3v) is 2.87. The number of anilines is 1. The smallest absolute Gasteiger partial charge is 0.128 e. The topological polar surface area (TPSA) is 12.0 Å². The summed E-state index contributed by atoms with van der Waals surface area (Å²) in [6, 6.07) is 12.6. The Morgan fingerprint density at radius 1 is 1.18 bits per heavy atom. The van der Waals surface area contributed by atoms with Crippen LogP contribution in [-0.2, 0) is 6.54 Å². The molecule has 2 aromatic rings. The van der Waals surface area contributed by atoms with E-state index in [1.807, 2.05) is 30.3 Å². The molecule has 0 saturated heterocycles. The summed E-state index contributed by atoms with van der Waals surface area (Å²) in [5.74, 6) is -0.193. The van der Waals surface area contributed by atoms with Gasteiger partial charge >= 0.3 is 0 Å². The largest absolute Gasteiger partial charge is 0.381 e. The quantitative estimate of drug-likeness (QED) is 0.850. The van der Waals surface area contributed by atoms with Gasteiger partial charge in [0.1, 0.15) is 5.82 Å². The number of nitrogens with one attached hydrogen (secondary N) is 1. The van der Waals surface area contributed by atoms with E-state index in [1.54, 1.807) is 13.0 Å². The molecular formula is C14H13ClFN. The Hall–Kier alpha value is -1.54. The maximum Gasteiger partial charge on any atom is 0.128 e. The molecule has 0 saturated carbocycles. The summed E-state index contributed by atoms with van der Waals surface area (Å²) in [5, 5.41) is 3.91. The fourth-order valence-electron chi connectivity index (χ4n) is 1.64. The summed E-state index contributed by atoms with van der Waals surface area (Å²) in [4.78, 5) is 0. The van der Waals surface area contributed by atoms with Gasteiger partial charge in [0.15, 0.2) is 0 Å². The van der Waals surface area contributed by atoms with Crippen LogP contribution in [0.25, 0.3) is 0 Å². The molecule has 0 amide bonds. The Balaban J connectivity index is 2.10. The minimum absolute atomic E-state index is 0.193. The predicted octanol–water partition coefficient (Wildman–Crippen LogP) is 4.40. The Morgan fingerprint density at radius 2 is 1.94 bits per heavy atom. The van der Waals surface area contributed by atoms with Crippen LogP contribution in [0, 0.1) is 12.7 Å². The van der Waals surface area contributed by atoms with Crippen molar-refractivity contribution in [3.05, 3.63) is 64.4 Å². The zero-order valence-corrected chi connectivity index (χ0v) is 10.3. The highest BCUT2D eigenvalue weighted by molar-refractivity contribution is 6.30. The van der Waals surface area contributed by atoms with Gasteiger partial charge in [0.25, 0.3) is 0 Å². The van der Waals surface area contributed by atoms with Crippen LogP contribution >= 0.6 is 11.6 Å². The molecule has 0 radical (unpaired) electrons. The number of benzene rings is 2. The van der Waals surface area contributed by atoms with Gasteiger partial charge in [-0.25, -0.2) is 4.39 Å². The van der Waals surface area contributed by atoms with Crippen molar-refractivity contribution in [2.24, 2.45) is 0 Å². The minimum atomic E-state index is -0.193. The van der Waals surface area contributed by atoms with E-state index in [9.17, 15) is 4.39 Å². The van der Waals surface area contributed by atoms with Crippen molar-refractivity contribution >= 4 is 17.3 Å². The molecule has 0 fully saturated rings. The summed E-state index contributed by atoms with van der Waals surface area (Å²) in [7, 11) is 0. The molecule has 0 spiro atoms. The molecule has 0 aromatic heterocycles. The lowest BCUT2D eigenvalue weighted by atomic mass is 10.1. The zero-order chi connectivity index (χ0) is 12.3. The van der Waals surface area contributed by atoms with Gasteiger partial charge in [0, 0.05) is 22.8 Å². The number of rotatable bonds is 3. The standard InChI is InChI=1S/C14H13ClFN/c1-10-13(16)6-3-7-14(10)17-9-11-4-2-5-12(15)8-11/h2-8,17H,9H2,1H3. The van der Waals surface area contributed by atoms with Crippen LogP contribution in [0.15, 0.2) is 42.5 Å². The summed E-state index contributed by atoms with van der Waals surface area (Å²) in [6.07, 6.45) is 0. The highest BCUT2D eigenvalue weighted by Crippen LogP contribution is 2.19. The van der Waals surface area contributed by atoms with Gasteiger partial charge in [-0.05, 0) is 36.8 Å². The molecule has 3 heteroatoms. The summed E-state index contributed by atoms with van der Waals surface area (Å²) < 4.78 is 13.3. The molecule has 0 unspecified atom stereocenters. The molecule has 2 aromatic carbocycles. The zero-order valence-electron chi connectivity index (χ0n) is 9.50. The molecule has 0 heterocycles. The first-order valence-electron chi connectivity index (χ1n) is 5.40. The van der Waals surface area contributed by atoms with E-state index in [1.165, 1.54) is 6.07 Å². The Morgan fingerprint density at radius 3 is 2.71 bits per heavy atom. The highest BCUT2D eigenvalue weighted by Gasteiger charge is 2.02. The van der Waals surface area contributed by atoms with E-state index >= 15 is 0 Å². The first-order valence-corrected chi connectivity index (χ1v) is 5.78. The first-order chi connectivity index (χ1) is 8.16. The van der Waals surface area contributed by atoms with E-state index < -0.39 is 0 Å². The number of hydrogen-bond donors (Lipinski definition) is 1. The SMILES string of the molecule is Cc1c(F)cccc1NCc1cccc(Cl)c1. The van der Waals surface area contributed by atoms with Crippen LogP contribution in [0.5, 0.6) is 0 Å². The average Bonchev–Trinajstić information content (AvgIpc) is 2.31. The van der Waals surface area contributed by atoms with Gasteiger partial charge in [-0.2, -0.15) is 0 Å². The lowest BCUT2D eigenvalue weighted by molar-refractivity contribution is 0.619. The van der Waals surface area contributed by atoms with Crippen molar-refractivity contribution in [3.8, 4) is 0 Å². The molecule has 88 valence electrons. The van der Waals surface area contributed by atoms with Crippen molar-refractivity contribution in [1.82, 2.24) is 0 Å². The molecule has 0 aliphatic heterocycles. The number of hydrogen-bond acceptors (Lipinski definition) is 1. The second-order valence-corrected chi connectivity index (χ2v) is 4.33. The highest BCUT2D eigenvalue weighted by atomic mass is 35.5. The van der Waals surface area contributed by atoms with Crippen LogP contribution in [0.2, 0.25) is 5.02 Å². The minimum Gasteiger partial charge on any atom is -0.381 e. The first kappa shape index (κ1) is 11.9. The Bertz CT molecular complexity index is 525. The van der Waals surface area contributed by atoms with Gasteiger partial charge in [-0.3, -0.25) is 0 Å². The van der Waals surface area contributed by atoms with Crippen LogP contribution < -0.4 is 5.32 Å². The fraction of sp³-hybridized carbons (Fsp3) is 0.143. The van der Waals surface area contributed by atoms with Crippen molar-refractivity contribution < 1.29 is 4.39 Å². The third kappa shape index (κ3) is 2.98. The maximum atomic E-state index is 13.3. The van der Waals surface area contributed by atoms with Gasteiger partial charge in [-0.15, -0.1) is 0 Å². The lowest BCUT2D eigenvalue weighted by Crippen LogP contribution is -2.01. The normalized spacial score (nSPS) is 10.3. The second-order valence-electron chi connectivity index (χ2n) is 3.90. The molecular weight excluding hydrogens is 237 g/mol. The monoisotopic (exact) mass is 249 g/mol. The van der Waals surface area contributed by atoms with Gasteiger partial charge in [0.05, 0.1) is 0 Å². The van der Waals surface area contributed by atoms with Crippen molar-refractivity contribution in [1.29, 1.82) is 0 Å². The van der Waals surface area contributed by atoms with Gasteiger partial charge in [-0.1, -0.05) is 29.8 Å². The fourth-order valence-corrected chi connectivity index (χ4v) is 1.86. The van der Waals surface area contributed by atoms with E-state index in [-0.39, 0.29) is 5.82 Å². The van der Waals surface area contributed by atoms with E-state index in [0.29, 0.717) is 17.1 Å². The Kier molecular flexibility index (Phi) is 3.64. The molecule has 0 bridgehead atoms. The summed E-state index contributed by atoms with van der Waals surface area (Å²) in [6.45, 7) is 2.39. The molecule has 0 atom stereocenters. The van der Waals surface area contributed by atoms with Crippen molar-refractivity contribution in [2.45, 2.75) is 13.5 Å². The van der Waals surface area contributed by atoms with Gasteiger partial charge < -0.3 is 5.32 Å². The lowest BCUT2D eigenvalue weighted by Gasteiger charge is -2.10. The summed E-state index contributed by atoms with van der Waals surface area (Å²) in [5.41, 5.74) is 2.51. The molecule has 0 aliphatic carbocycles. The predicted molar refractivity (Wildman–Crippen MR) is 69.9 cm³/mol. The molecule has 2 rings (SSSR count). The van der Waals surface area contributed by atoms with Crippen LogP contribution in [0.4, 0.5) is 10.1 Å². The van der Waals surface area contributed by atoms with Crippen molar-refractivity contribution in [2.75, 3.05) is 5.32 Å². The number of halogens is 2. The van der Waals surface area contributed by atoms with E-state index in [4.69, 9.17) is 11.6 Å². The molecule has 0 aliphatic rings. The molecule has 17 heavy (non-hydrogen) atoms. The third-order valence-electron chi connectivity index (χ3n) is 2.64. The van der Waals surface area contributed by atoms with Crippen LogP contribution in [0.1, 0.15) is 11.1 Å². The summed E-state index contributed by atoms with van der Waals surface area (Å²) >= 11 is 5.90. The molecule has 1 nitrogen and oxygen atoms in total.